The fourth-order valence-electron chi connectivity index (χ4n) is 3.41. The summed E-state index contributed by atoms with van der Waals surface area (Å²) in [5.74, 6) is 0.510. The maximum atomic E-state index is 12.6. The smallest absolute Gasteiger partial charge is 0.225 e. The second kappa shape index (κ2) is 8.85. The predicted octanol–water partition coefficient (Wildman–Crippen LogP) is 1.76. The molecule has 1 aliphatic heterocycles. The summed E-state index contributed by atoms with van der Waals surface area (Å²) >= 11 is 0. The lowest BCUT2D eigenvalue weighted by Crippen LogP contribution is -2.52. The number of hydrogen-bond donors (Lipinski definition) is 1. The molecule has 1 fully saturated rings. The molecule has 2 amide bonds. The number of rotatable bonds is 8. The van der Waals surface area contributed by atoms with Crippen LogP contribution in [0.25, 0.3) is 0 Å². The van der Waals surface area contributed by atoms with E-state index in [1.54, 1.807) is 19.1 Å². The lowest BCUT2D eigenvalue weighted by molar-refractivity contribution is -0.141. The van der Waals surface area contributed by atoms with Crippen molar-refractivity contribution in [1.29, 1.82) is 0 Å². The number of nitrogens with two attached hydrogens (primary N) is 1. The number of nitrogens with zero attached hydrogens (tertiary/aromatic N) is 1. The summed E-state index contributed by atoms with van der Waals surface area (Å²) in [4.78, 5) is 26.4. The van der Waals surface area contributed by atoms with Crippen LogP contribution in [0.1, 0.15) is 31.2 Å². The monoisotopic (exact) mass is 348 g/mol. The van der Waals surface area contributed by atoms with E-state index in [0.717, 1.165) is 17.7 Å². The molecule has 0 aliphatic carbocycles. The maximum absolute atomic E-state index is 12.6. The minimum absolute atomic E-state index is 0.0607. The SMILES string of the molecule is COCCC1(C(N)=O)CCCN(C(=O)CCc2cccc(OC)c2)C1. The fraction of sp³-hybridized carbons (Fsp3) is 0.579. The van der Waals surface area contributed by atoms with Crippen molar-refractivity contribution in [2.45, 2.75) is 32.1 Å². The molecule has 0 spiro atoms. The van der Waals surface area contributed by atoms with Crippen molar-refractivity contribution in [2.24, 2.45) is 11.1 Å². The number of ether oxygens (including phenoxy) is 2. The third kappa shape index (κ3) is 4.95. The second-order valence-electron chi connectivity index (χ2n) is 6.66. The van der Waals surface area contributed by atoms with Crippen molar-refractivity contribution in [3.8, 4) is 5.75 Å². The summed E-state index contributed by atoms with van der Waals surface area (Å²) in [6.07, 6.45) is 3.11. The van der Waals surface area contributed by atoms with Gasteiger partial charge in [0.15, 0.2) is 0 Å². The Morgan fingerprint density at radius 1 is 1.32 bits per heavy atom. The minimum Gasteiger partial charge on any atom is -0.497 e. The number of primary amides is 1. The van der Waals surface area contributed by atoms with E-state index in [9.17, 15) is 9.59 Å². The summed E-state index contributed by atoms with van der Waals surface area (Å²) in [6.45, 7) is 1.54. The van der Waals surface area contributed by atoms with Crippen molar-refractivity contribution in [1.82, 2.24) is 4.90 Å². The topological polar surface area (TPSA) is 81.9 Å². The number of methoxy groups -OCH3 is 2. The summed E-state index contributed by atoms with van der Waals surface area (Å²) in [5, 5.41) is 0. The number of benzene rings is 1. The Labute approximate surface area is 149 Å². The van der Waals surface area contributed by atoms with Crippen LogP contribution in [0.2, 0.25) is 0 Å². The predicted molar refractivity (Wildman–Crippen MR) is 95.2 cm³/mol. The van der Waals surface area contributed by atoms with E-state index < -0.39 is 5.41 Å². The van der Waals surface area contributed by atoms with Crippen molar-refractivity contribution in [3.63, 3.8) is 0 Å². The van der Waals surface area contributed by atoms with Gasteiger partial charge in [0.25, 0.3) is 0 Å². The number of carbonyl (C=O) groups excluding carboxylic acids is 2. The van der Waals surface area contributed by atoms with Crippen molar-refractivity contribution in [2.75, 3.05) is 33.9 Å². The van der Waals surface area contributed by atoms with Crippen molar-refractivity contribution >= 4 is 11.8 Å². The lowest BCUT2D eigenvalue weighted by atomic mass is 9.76. The molecule has 1 heterocycles. The van der Waals surface area contributed by atoms with E-state index in [1.165, 1.54) is 0 Å². The minimum atomic E-state index is -0.667. The molecule has 25 heavy (non-hydrogen) atoms. The van der Waals surface area contributed by atoms with Crippen LogP contribution >= 0.6 is 0 Å². The third-order valence-corrected chi connectivity index (χ3v) is 5.00. The summed E-state index contributed by atoms with van der Waals surface area (Å²) in [5.41, 5.74) is 6.05. The van der Waals surface area contributed by atoms with E-state index >= 15 is 0 Å². The largest absolute Gasteiger partial charge is 0.497 e. The Morgan fingerprint density at radius 2 is 2.12 bits per heavy atom. The first-order valence-electron chi connectivity index (χ1n) is 8.70. The molecular formula is C19H28N2O4. The van der Waals surface area contributed by atoms with Crippen LogP contribution in [-0.4, -0.2) is 50.6 Å². The van der Waals surface area contributed by atoms with E-state index in [4.69, 9.17) is 15.2 Å². The van der Waals surface area contributed by atoms with Gasteiger partial charge >= 0.3 is 0 Å². The highest BCUT2D eigenvalue weighted by molar-refractivity contribution is 5.83. The lowest BCUT2D eigenvalue weighted by Gasteiger charge is -2.40. The highest BCUT2D eigenvalue weighted by atomic mass is 16.5. The summed E-state index contributed by atoms with van der Waals surface area (Å²) in [7, 11) is 3.23. The van der Waals surface area contributed by atoms with E-state index in [-0.39, 0.29) is 11.8 Å². The van der Waals surface area contributed by atoms with Crippen LogP contribution < -0.4 is 10.5 Å². The normalized spacial score (nSPS) is 20.3. The van der Waals surface area contributed by atoms with Gasteiger partial charge in [0.05, 0.1) is 12.5 Å². The Bertz CT molecular complexity index is 605. The van der Waals surface area contributed by atoms with Gasteiger partial charge in [-0.05, 0) is 43.4 Å². The Morgan fingerprint density at radius 3 is 2.80 bits per heavy atom. The molecule has 1 aromatic rings. The highest BCUT2D eigenvalue weighted by Crippen LogP contribution is 2.33. The molecular weight excluding hydrogens is 320 g/mol. The van der Waals surface area contributed by atoms with Crippen molar-refractivity contribution in [3.05, 3.63) is 29.8 Å². The molecule has 1 aromatic carbocycles. The fourth-order valence-corrected chi connectivity index (χ4v) is 3.41. The van der Waals surface area contributed by atoms with Gasteiger partial charge in [-0.25, -0.2) is 0 Å². The average Bonchev–Trinajstić information content (AvgIpc) is 2.64. The van der Waals surface area contributed by atoms with E-state index in [2.05, 4.69) is 0 Å². The zero-order valence-corrected chi connectivity index (χ0v) is 15.1. The molecule has 2 rings (SSSR count). The van der Waals surface area contributed by atoms with Crippen LogP contribution in [-0.2, 0) is 20.7 Å². The molecule has 1 aliphatic rings. The first-order valence-corrected chi connectivity index (χ1v) is 8.70. The number of carbonyl (C=O) groups is 2. The van der Waals surface area contributed by atoms with Gasteiger partial charge in [0.1, 0.15) is 5.75 Å². The zero-order valence-electron chi connectivity index (χ0n) is 15.1. The van der Waals surface area contributed by atoms with Crippen molar-refractivity contribution < 1.29 is 19.1 Å². The third-order valence-electron chi connectivity index (χ3n) is 5.00. The molecule has 6 heteroatoms. The van der Waals surface area contributed by atoms with Gasteiger partial charge in [-0.3, -0.25) is 9.59 Å². The molecule has 1 saturated heterocycles. The second-order valence-corrected chi connectivity index (χ2v) is 6.66. The molecule has 138 valence electrons. The molecule has 1 unspecified atom stereocenters. The van der Waals surface area contributed by atoms with Gasteiger partial charge in [-0.2, -0.15) is 0 Å². The van der Waals surface area contributed by atoms with Crippen LogP contribution in [0.3, 0.4) is 0 Å². The van der Waals surface area contributed by atoms with E-state index in [1.807, 2.05) is 24.3 Å². The standard InChI is InChI=1S/C19H28N2O4/c1-24-12-10-19(18(20)23)9-4-11-21(14-19)17(22)8-7-15-5-3-6-16(13-15)25-2/h3,5-6,13H,4,7-12,14H2,1-2H3,(H2,20,23). The van der Waals surface area contributed by atoms with Gasteiger partial charge < -0.3 is 20.1 Å². The van der Waals surface area contributed by atoms with E-state index in [0.29, 0.717) is 45.4 Å². The van der Waals surface area contributed by atoms with Crippen LogP contribution in [0.4, 0.5) is 0 Å². The number of amides is 2. The summed E-state index contributed by atoms with van der Waals surface area (Å²) in [6, 6.07) is 7.73. The Balaban J connectivity index is 1.97. The molecule has 1 atom stereocenters. The van der Waals surface area contributed by atoms with Gasteiger partial charge in [0, 0.05) is 33.2 Å². The molecule has 0 bridgehead atoms. The van der Waals surface area contributed by atoms with Crippen LogP contribution in [0.15, 0.2) is 24.3 Å². The highest BCUT2D eigenvalue weighted by Gasteiger charge is 2.41. The van der Waals surface area contributed by atoms with Gasteiger partial charge in [0.2, 0.25) is 11.8 Å². The molecule has 0 radical (unpaired) electrons. The van der Waals surface area contributed by atoms with Gasteiger partial charge in [-0.15, -0.1) is 0 Å². The Kier molecular flexibility index (Phi) is 6.82. The molecule has 0 saturated carbocycles. The molecule has 0 aromatic heterocycles. The number of aryl methyl sites for hydroxylation is 1. The zero-order chi connectivity index (χ0) is 18.3. The summed E-state index contributed by atoms with van der Waals surface area (Å²) < 4.78 is 10.3. The first-order chi connectivity index (χ1) is 12.0. The molecule has 2 N–H and O–H groups in total. The van der Waals surface area contributed by atoms with Crippen LogP contribution in [0.5, 0.6) is 5.75 Å². The number of likely N-dealkylation sites (tertiary alicyclic amines) is 1. The quantitative estimate of drug-likeness (QED) is 0.776. The number of piperidine rings is 1. The first kappa shape index (κ1) is 19.2. The van der Waals surface area contributed by atoms with Gasteiger partial charge in [-0.1, -0.05) is 12.1 Å². The maximum Gasteiger partial charge on any atom is 0.225 e. The number of hydrogen-bond acceptors (Lipinski definition) is 4. The Hall–Kier alpha value is -2.08. The molecule has 6 nitrogen and oxygen atoms in total. The van der Waals surface area contributed by atoms with Crippen LogP contribution in [0, 0.1) is 5.41 Å². The average molecular weight is 348 g/mol.